The smallest absolute Gasteiger partial charge is 0.339 e. The third kappa shape index (κ3) is 3.98. The monoisotopic (exact) mass is 382 g/mol. The van der Waals surface area contributed by atoms with E-state index in [9.17, 15) is 14.4 Å². The lowest BCUT2D eigenvalue weighted by atomic mass is 9.91. The van der Waals surface area contributed by atoms with Gasteiger partial charge in [-0.2, -0.15) is 0 Å². The van der Waals surface area contributed by atoms with Crippen LogP contribution in [-0.2, 0) is 20.7 Å². The molecule has 2 aromatic rings. The van der Waals surface area contributed by atoms with Crippen LogP contribution in [0.4, 0.5) is 10.5 Å². The molecule has 1 heterocycles. The maximum absolute atomic E-state index is 13.0. The van der Waals surface area contributed by atoms with Crippen LogP contribution < -0.4 is 5.32 Å². The number of esters is 2. The first-order valence-electron chi connectivity index (χ1n) is 8.94. The van der Waals surface area contributed by atoms with Gasteiger partial charge in [0.25, 0.3) is 0 Å². The molecule has 0 bridgehead atoms. The summed E-state index contributed by atoms with van der Waals surface area (Å²) in [6, 6.07) is 13.6. The predicted molar refractivity (Wildman–Crippen MR) is 103 cm³/mol. The van der Waals surface area contributed by atoms with Crippen LogP contribution in [0, 0.1) is 0 Å². The van der Waals surface area contributed by atoms with E-state index in [-0.39, 0.29) is 18.0 Å². The van der Waals surface area contributed by atoms with Crippen LogP contribution in [0.1, 0.15) is 33.9 Å². The topological polar surface area (TPSA) is 84.9 Å². The van der Waals surface area contributed by atoms with E-state index in [4.69, 9.17) is 9.47 Å². The molecule has 2 amide bonds. The summed E-state index contributed by atoms with van der Waals surface area (Å²) in [6.07, 6.45) is 0.736. The quantitative estimate of drug-likeness (QED) is 0.821. The molecule has 7 heteroatoms. The van der Waals surface area contributed by atoms with E-state index < -0.39 is 18.0 Å². The van der Waals surface area contributed by atoms with Crippen molar-refractivity contribution in [1.29, 1.82) is 0 Å². The van der Waals surface area contributed by atoms with Gasteiger partial charge in [-0.3, -0.25) is 4.79 Å². The number of fused-ring (bicyclic) bond motifs is 1. The second kappa shape index (κ2) is 8.56. The van der Waals surface area contributed by atoms with Crippen LogP contribution >= 0.6 is 0 Å². The first kappa shape index (κ1) is 19.4. The number of urea groups is 1. The number of nitrogens with one attached hydrogen (secondary N) is 1. The minimum Gasteiger partial charge on any atom is -0.469 e. The fourth-order valence-electron chi connectivity index (χ4n) is 3.42. The van der Waals surface area contributed by atoms with Gasteiger partial charge in [-0.25, -0.2) is 9.59 Å². The van der Waals surface area contributed by atoms with Gasteiger partial charge in [0.2, 0.25) is 0 Å². The maximum atomic E-state index is 13.0. The molecule has 0 aliphatic carbocycles. The second-order valence-corrected chi connectivity index (χ2v) is 6.41. The molecule has 0 spiro atoms. The van der Waals surface area contributed by atoms with Crippen molar-refractivity contribution in [3.63, 3.8) is 0 Å². The Morgan fingerprint density at radius 3 is 2.50 bits per heavy atom. The van der Waals surface area contributed by atoms with Crippen LogP contribution in [0.15, 0.2) is 48.5 Å². The van der Waals surface area contributed by atoms with Gasteiger partial charge in [0.15, 0.2) is 0 Å². The highest BCUT2D eigenvalue weighted by Gasteiger charge is 2.33. The first-order valence-corrected chi connectivity index (χ1v) is 8.94. The van der Waals surface area contributed by atoms with Crippen LogP contribution in [0.25, 0.3) is 0 Å². The fraction of sp³-hybridized carbons (Fsp3) is 0.286. The van der Waals surface area contributed by atoms with E-state index in [2.05, 4.69) is 5.32 Å². The van der Waals surface area contributed by atoms with Gasteiger partial charge in [0.05, 0.1) is 37.9 Å². The van der Waals surface area contributed by atoms with E-state index in [1.807, 2.05) is 24.3 Å². The molecule has 0 radical (unpaired) electrons. The Morgan fingerprint density at radius 2 is 1.75 bits per heavy atom. The van der Waals surface area contributed by atoms with Crippen molar-refractivity contribution in [3.8, 4) is 0 Å². The largest absolute Gasteiger partial charge is 0.469 e. The summed E-state index contributed by atoms with van der Waals surface area (Å²) in [5.74, 6) is -0.930. The molecule has 7 nitrogen and oxygen atoms in total. The number of para-hydroxylation sites is 1. The highest BCUT2D eigenvalue weighted by molar-refractivity contribution is 6.01. The number of anilines is 1. The first-order chi connectivity index (χ1) is 13.5. The molecule has 0 unspecified atom stereocenters. The molecular weight excluding hydrogens is 360 g/mol. The zero-order chi connectivity index (χ0) is 20.1. The summed E-state index contributed by atoms with van der Waals surface area (Å²) >= 11 is 0. The second-order valence-electron chi connectivity index (χ2n) is 6.41. The van der Waals surface area contributed by atoms with Gasteiger partial charge in [-0.1, -0.05) is 36.4 Å². The van der Waals surface area contributed by atoms with Gasteiger partial charge >= 0.3 is 18.0 Å². The van der Waals surface area contributed by atoms with Crippen molar-refractivity contribution >= 4 is 23.7 Å². The lowest BCUT2D eigenvalue weighted by Gasteiger charge is -2.37. The Hall–Kier alpha value is -3.35. The molecule has 28 heavy (non-hydrogen) atoms. The molecule has 1 N–H and O–H groups in total. The standard InChI is InChI=1S/C21H22N2O5/c1-27-19(24)13-18-15-8-4-3-7-14(15)11-12-23(18)21(26)22-17-10-6-5-9-16(17)20(25)28-2/h3-10,18H,11-13H2,1-2H3,(H,22,26)/t18-/m0/s1. The number of rotatable bonds is 4. The molecule has 2 aromatic carbocycles. The lowest BCUT2D eigenvalue weighted by Crippen LogP contribution is -2.43. The Kier molecular flexibility index (Phi) is 5.93. The number of carbonyl (C=O) groups is 3. The van der Waals surface area contributed by atoms with Crippen molar-refractivity contribution in [2.45, 2.75) is 18.9 Å². The molecular formula is C21H22N2O5. The SMILES string of the molecule is COC(=O)C[C@H]1c2ccccc2CCN1C(=O)Nc1ccccc1C(=O)OC. The molecule has 0 aromatic heterocycles. The van der Waals surface area contributed by atoms with Crippen molar-refractivity contribution in [2.24, 2.45) is 0 Å². The van der Waals surface area contributed by atoms with Gasteiger partial charge in [-0.15, -0.1) is 0 Å². The van der Waals surface area contributed by atoms with Crippen molar-refractivity contribution in [2.75, 3.05) is 26.1 Å². The van der Waals surface area contributed by atoms with Crippen molar-refractivity contribution in [3.05, 3.63) is 65.2 Å². The van der Waals surface area contributed by atoms with E-state index in [1.54, 1.807) is 29.2 Å². The maximum Gasteiger partial charge on any atom is 0.339 e. The molecule has 0 saturated heterocycles. The number of ether oxygens (including phenoxy) is 2. The Bertz CT molecular complexity index is 896. The molecule has 1 aliphatic rings. The molecule has 0 saturated carbocycles. The number of carbonyl (C=O) groups excluding carboxylic acids is 3. The Balaban J connectivity index is 1.88. The summed E-state index contributed by atoms with van der Waals surface area (Å²) in [6.45, 7) is 0.449. The fourth-order valence-corrected chi connectivity index (χ4v) is 3.42. The molecule has 1 atom stereocenters. The Morgan fingerprint density at radius 1 is 1.04 bits per heavy atom. The molecule has 3 rings (SSSR count). The summed E-state index contributed by atoms with van der Waals surface area (Å²) < 4.78 is 9.59. The Labute approximate surface area is 163 Å². The highest BCUT2D eigenvalue weighted by Crippen LogP contribution is 2.33. The van der Waals surface area contributed by atoms with Crippen LogP contribution in [-0.4, -0.2) is 43.6 Å². The van der Waals surface area contributed by atoms with E-state index in [0.29, 0.717) is 18.7 Å². The summed E-state index contributed by atoms with van der Waals surface area (Å²) in [5, 5.41) is 2.78. The minimum atomic E-state index is -0.536. The number of hydrogen-bond donors (Lipinski definition) is 1. The summed E-state index contributed by atoms with van der Waals surface area (Å²) in [4.78, 5) is 38.5. The zero-order valence-electron chi connectivity index (χ0n) is 15.8. The van der Waals surface area contributed by atoms with Gasteiger partial charge < -0.3 is 19.7 Å². The number of nitrogens with zero attached hydrogens (tertiary/aromatic N) is 1. The van der Waals surface area contributed by atoms with E-state index >= 15 is 0 Å². The molecule has 0 fully saturated rings. The minimum absolute atomic E-state index is 0.0551. The predicted octanol–water partition coefficient (Wildman–Crippen LogP) is 3.17. The number of benzene rings is 2. The average molecular weight is 382 g/mol. The third-order valence-corrected chi connectivity index (χ3v) is 4.83. The average Bonchev–Trinajstić information content (AvgIpc) is 2.73. The molecule has 146 valence electrons. The molecule has 1 aliphatic heterocycles. The number of amides is 2. The zero-order valence-corrected chi connectivity index (χ0v) is 15.8. The van der Waals surface area contributed by atoms with Crippen LogP contribution in [0.2, 0.25) is 0 Å². The van der Waals surface area contributed by atoms with Crippen LogP contribution in [0.5, 0.6) is 0 Å². The number of hydrogen-bond acceptors (Lipinski definition) is 5. The highest BCUT2D eigenvalue weighted by atomic mass is 16.5. The lowest BCUT2D eigenvalue weighted by molar-refractivity contribution is -0.141. The summed E-state index contributed by atoms with van der Waals surface area (Å²) in [5.41, 5.74) is 2.65. The van der Waals surface area contributed by atoms with Gasteiger partial charge in [-0.05, 0) is 29.7 Å². The van der Waals surface area contributed by atoms with Crippen LogP contribution in [0.3, 0.4) is 0 Å². The van der Waals surface area contributed by atoms with Gasteiger partial charge in [0, 0.05) is 6.54 Å². The normalized spacial score (nSPS) is 15.4. The van der Waals surface area contributed by atoms with E-state index in [1.165, 1.54) is 14.2 Å². The number of methoxy groups -OCH3 is 2. The summed E-state index contributed by atoms with van der Waals surface area (Å²) in [7, 11) is 2.61. The van der Waals surface area contributed by atoms with E-state index in [0.717, 1.165) is 11.1 Å². The third-order valence-electron chi connectivity index (χ3n) is 4.83. The van der Waals surface area contributed by atoms with Crippen molar-refractivity contribution < 1.29 is 23.9 Å². The van der Waals surface area contributed by atoms with Gasteiger partial charge in [0.1, 0.15) is 0 Å². The van der Waals surface area contributed by atoms with Crippen molar-refractivity contribution in [1.82, 2.24) is 4.90 Å².